The minimum atomic E-state index is 0.00674. The number of thiocarbonyl (C=S) groups is 1. The quantitative estimate of drug-likeness (QED) is 0.824. The molecule has 0 atom stereocenters. The van der Waals surface area contributed by atoms with E-state index in [9.17, 15) is 4.79 Å². The Morgan fingerprint density at radius 3 is 2.81 bits per heavy atom. The number of carbonyl (C=O) groups is 1. The summed E-state index contributed by atoms with van der Waals surface area (Å²) in [5, 5.41) is 4.05. The van der Waals surface area contributed by atoms with Gasteiger partial charge < -0.3 is 16.0 Å². The number of benzene rings is 1. The molecular weight excluding hydrogens is 284 g/mol. The van der Waals surface area contributed by atoms with Crippen LogP contribution in [0.2, 0.25) is 0 Å². The van der Waals surface area contributed by atoms with E-state index in [-0.39, 0.29) is 17.4 Å². The monoisotopic (exact) mass is 302 g/mol. The average molecular weight is 302 g/mol. The molecule has 5 nitrogen and oxygen atoms in total. The number of rotatable bonds is 5. The van der Waals surface area contributed by atoms with Crippen LogP contribution in [0.15, 0.2) is 30.5 Å². The van der Waals surface area contributed by atoms with Crippen molar-refractivity contribution in [2.45, 2.75) is 6.92 Å². The van der Waals surface area contributed by atoms with Gasteiger partial charge in [-0.2, -0.15) is 0 Å². The Hall–Kier alpha value is -2.21. The van der Waals surface area contributed by atoms with Gasteiger partial charge in [-0.3, -0.25) is 9.78 Å². The summed E-state index contributed by atoms with van der Waals surface area (Å²) in [6.07, 6.45) is 1.64. The fraction of sp³-hybridized carbons (Fsp3) is 0.267. The highest BCUT2D eigenvalue weighted by Crippen LogP contribution is 2.25. The van der Waals surface area contributed by atoms with Gasteiger partial charge in [0.2, 0.25) is 5.91 Å². The number of nitrogens with one attached hydrogen (secondary N) is 1. The van der Waals surface area contributed by atoms with Gasteiger partial charge in [0.25, 0.3) is 0 Å². The SMILES string of the molecule is CCN(C)C(=O)CNc1c(C(N)=S)cnc2ccccc12. The van der Waals surface area contributed by atoms with Crippen molar-refractivity contribution in [3.63, 3.8) is 0 Å². The molecule has 0 aliphatic carbocycles. The highest BCUT2D eigenvalue weighted by Gasteiger charge is 2.13. The summed E-state index contributed by atoms with van der Waals surface area (Å²) in [7, 11) is 1.77. The van der Waals surface area contributed by atoms with Crippen LogP contribution in [0.4, 0.5) is 5.69 Å². The summed E-state index contributed by atoms with van der Waals surface area (Å²) >= 11 is 5.07. The number of hydrogen-bond acceptors (Lipinski definition) is 4. The Bertz CT molecular complexity index is 686. The molecule has 0 aliphatic rings. The summed E-state index contributed by atoms with van der Waals surface area (Å²) in [4.78, 5) is 18.2. The van der Waals surface area contributed by atoms with Crippen molar-refractivity contribution in [1.29, 1.82) is 0 Å². The van der Waals surface area contributed by atoms with Crippen LogP contribution in [-0.2, 0) is 4.79 Å². The fourth-order valence-corrected chi connectivity index (χ4v) is 2.15. The highest BCUT2D eigenvalue weighted by molar-refractivity contribution is 7.80. The number of aromatic nitrogens is 1. The number of para-hydroxylation sites is 1. The molecule has 6 heteroatoms. The molecule has 0 aliphatic heterocycles. The number of pyridine rings is 1. The lowest BCUT2D eigenvalue weighted by Gasteiger charge is -2.17. The van der Waals surface area contributed by atoms with Gasteiger partial charge >= 0.3 is 0 Å². The number of anilines is 1. The largest absolute Gasteiger partial charge is 0.389 e. The fourth-order valence-electron chi connectivity index (χ4n) is 1.99. The minimum absolute atomic E-state index is 0.00674. The zero-order chi connectivity index (χ0) is 15.4. The zero-order valence-electron chi connectivity index (χ0n) is 12.1. The number of carbonyl (C=O) groups excluding carboxylic acids is 1. The predicted molar refractivity (Wildman–Crippen MR) is 89.4 cm³/mol. The number of fused-ring (bicyclic) bond motifs is 1. The molecule has 2 aromatic rings. The third-order valence-electron chi connectivity index (χ3n) is 3.36. The Kier molecular flexibility index (Phi) is 4.70. The Morgan fingerprint density at radius 1 is 1.43 bits per heavy atom. The van der Waals surface area contributed by atoms with Crippen LogP contribution < -0.4 is 11.1 Å². The third-order valence-corrected chi connectivity index (χ3v) is 3.58. The molecule has 1 heterocycles. The molecule has 0 spiro atoms. The molecule has 1 amide bonds. The van der Waals surface area contributed by atoms with Crippen molar-refractivity contribution in [2.24, 2.45) is 5.73 Å². The molecule has 2 rings (SSSR count). The number of amides is 1. The van der Waals surface area contributed by atoms with Crippen LogP contribution in [0.3, 0.4) is 0 Å². The first-order valence-corrected chi connectivity index (χ1v) is 7.10. The Morgan fingerprint density at radius 2 is 2.14 bits per heavy atom. The summed E-state index contributed by atoms with van der Waals surface area (Å²) in [6.45, 7) is 2.79. The van der Waals surface area contributed by atoms with Crippen LogP contribution in [0.1, 0.15) is 12.5 Å². The first-order chi connectivity index (χ1) is 10.0. The molecule has 0 saturated heterocycles. The van der Waals surface area contributed by atoms with Gasteiger partial charge in [-0.25, -0.2) is 0 Å². The van der Waals surface area contributed by atoms with Crippen molar-refractivity contribution >= 4 is 39.7 Å². The van der Waals surface area contributed by atoms with Crippen LogP contribution in [0.25, 0.3) is 10.9 Å². The molecule has 21 heavy (non-hydrogen) atoms. The van der Waals surface area contributed by atoms with Gasteiger partial charge in [0.1, 0.15) is 4.99 Å². The van der Waals surface area contributed by atoms with E-state index in [4.69, 9.17) is 18.0 Å². The number of hydrogen-bond donors (Lipinski definition) is 2. The summed E-state index contributed by atoms with van der Waals surface area (Å²) in [5.41, 5.74) is 7.99. The third kappa shape index (κ3) is 3.28. The molecule has 3 N–H and O–H groups in total. The molecule has 1 aromatic carbocycles. The standard InChI is InChI=1S/C15H18N4OS/c1-3-19(2)13(20)9-18-14-10-6-4-5-7-12(10)17-8-11(14)15(16)21/h4-8H,3,9H2,1-2H3,(H2,16,21)(H,17,18). The maximum absolute atomic E-state index is 11.9. The molecule has 0 saturated carbocycles. The van der Waals surface area contributed by atoms with E-state index < -0.39 is 0 Å². The molecule has 0 radical (unpaired) electrons. The molecule has 110 valence electrons. The van der Waals surface area contributed by atoms with Gasteiger partial charge in [-0.15, -0.1) is 0 Å². The van der Waals surface area contributed by atoms with Crippen molar-refractivity contribution in [2.75, 3.05) is 25.5 Å². The van der Waals surface area contributed by atoms with E-state index in [1.54, 1.807) is 18.1 Å². The predicted octanol–water partition coefficient (Wildman–Crippen LogP) is 1.76. The minimum Gasteiger partial charge on any atom is -0.389 e. The topological polar surface area (TPSA) is 71.2 Å². The molecule has 1 aromatic heterocycles. The van der Waals surface area contributed by atoms with E-state index in [2.05, 4.69) is 10.3 Å². The average Bonchev–Trinajstić information content (AvgIpc) is 2.50. The van der Waals surface area contributed by atoms with Gasteiger partial charge in [0.15, 0.2) is 0 Å². The number of nitrogens with zero attached hydrogens (tertiary/aromatic N) is 2. The lowest BCUT2D eigenvalue weighted by Crippen LogP contribution is -2.32. The van der Waals surface area contributed by atoms with Crippen molar-refractivity contribution < 1.29 is 4.79 Å². The van der Waals surface area contributed by atoms with Gasteiger partial charge in [-0.05, 0) is 13.0 Å². The lowest BCUT2D eigenvalue weighted by molar-refractivity contribution is -0.127. The summed E-state index contributed by atoms with van der Waals surface area (Å²) in [5.74, 6) is 0.00674. The summed E-state index contributed by atoms with van der Waals surface area (Å²) in [6, 6.07) is 7.67. The maximum Gasteiger partial charge on any atom is 0.241 e. The second-order valence-corrected chi connectivity index (χ2v) is 5.13. The second-order valence-electron chi connectivity index (χ2n) is 4.69. The molecule has 0 bridgehead atoms. The van der Waals surface area contributed by atoms with Crippen molar-refractivity contribution in [3.05, 3.63) is 36.0 Å². The first-order valence-electron chi connectivity index (χ1n) is 6.70. The van der Waals surface area contributed by atoms with E-state index >= 15 is 0 Å². The molecular formula is C15H18N4OS. The van der Waals surface area contributed by atoms with Crippen LogP contribution in [-0.4, -0.2) is 40.9 Å². The Balaban J connectivity index is 2.38. The van der Waals surface area contributed by atoms with E-state index in [1.165, 1.54) is 0 Å². The smallest absolute Gasteiger partial charge is 0.241 e. The van der Waals surface area contributed by atoms with E-state index in [1.807, 2.05) is 31.2 Å². The number of likely N-dealkylation sites (N-methyl/N-ethyl adjacent to an activating group) is 1. The normalized spacial score (nSPS) is 10.4. The van der Waals surface area contributed by atoms with Crippen LogP contribution in [0, 0.1) is 0 Å². The maximum atomic E-state index is 11.9. The van der Waals surface area contributed by atoms with Crippen molar-refractivity contribution in [1.82, 2.24) is 9.88 Å². The number of nitrogens with two attached hydrogens (primary N) is 1. The lowest BCUT2D eigenvalue weighted by atomic mass is 10.1. The van der Waals surface area contributed by atoms with E-state index in [0.29, 0.717) is 12.1 Å². The van der Waals surface area contributed by atoms with Gasteiger partial charge in [-0.1, -0.05) is 30.4 Å². The van der Waals surface area contributed by atoms with Gasteiger partial charge in [0, 0.05) is 25.2 Å². The summed E-state index contributed by atoms with van der Waals surface area (Å²) < 4.78 is 0. The second kappa shape index (κ2) is 6.49. The van der Waals surface area contributed by atoms with Crippen LogP contribution in [0.5, 0.6) is 0 Å². The van der Waals surface area contributed by atoms with Gasteiger partial charge in [0.05, 0.1) is 23.3 Å². The molecule has 0 unspecified atom stereocenters. The van der Waals surface area contributed by atoms with Crippen LogP contribution >= 0.6 is 12.2 Å². The highest BCUT2D eigenvalue weighted by atomic mass is 32.1. The van der Waals surface area contributed by atoms with Crippen molar-refractivity contribution in [3.8, 4) is 0 Å². The zero-order valence-corrected chi connectivity index (χ0v) is 12.9. The first kappa shape index (κ1) is 15.2. The van der Waals surface area contributed by atoms with E-state index in [0.717, 1.165) is 16.6 Å². The molecule has 0 fully saturated rings. The Labute approximate surface area is 129 Å².